The number of carboxylic acid groups (broad SMARTS) is 1. The Hall–Kier alpha value is -2.15. The van der Waals surface area contributed by atoms with E-state index in [1.807, 2.05) is 37.3 Å². The Bertz CT molecular complexity index is 917. The van der Waals surface area contributed by atoms with Gasteiger partial charge in [0.15, 0.2) is 0 Å². The van der Waals surface area contributed by atoms with Crippen molar-refractivity contribution in [2.75, 3.05) is 0 Å². The topological polar surface area (TPSA) is 76.6 Å². The lowest BCUT2D eigenvalue weighted by molar-refractivity contribution is -0.138. The molecule has 0 saturated carbocycles. The zero-order valence-corrected chi connectivity index (χ0v) is 12.8. The minimum atomic E-state index is -1.08. The van der Waals surface area contributed by atoms with Gasteiger partial charge < -0.3 is 5.11 Å². The number of rotatable bonds is 3. The summed E-state index contributed by atoms with van der Waals surface area (Å²) in [6.07, 6.45) is 0. The highest BCUT2D eigenvalue weighted by Gasteiger charge is 2.18. The normalized spacial score (nSPS) is 11.8. The molecule has 0 fully saturated rings. The maximum Gasteiger partial charge on any atom is 0.325 e. The van der Waals surface area contributed by atoms with E-state index < -0.39 is 12.5 Å². The lowest BCUT2D eigenvalue weighted by Crippen LogP contribution is -2.30. The van der Waals surface area contributed by atoms with E-state index in [-0.39, 0.29) is 11.5 Å². The first kappa shape index (κ1) is 13.8. The highest BCUT2D eigenvalue weighted by atomic mass is 32.1. The van der Waals surface area contributed by atoms with E-state index in [1.165, 1.54) is 4.88 Å². The molecule has 3 rings (SSSR count). The van der Waals surface area contributed by atoms with Crippen molar-refractivity contribution in [2.45, 2.75) is 33.2 Å². The van der Waals surface area contributed by atoms with E-state index in [0.717, 1.165) is 14.9 Å². The molecule has 0 aromatic carbocycles. The molecule has 3 aromatic heterocycles. The van der Waals surface area contributed by atoms with Crippen LogP contribution in [-0.2, 0) is 11.3 Å². The van der Waals surface area contributed by atoms with Crippen molar-refractivity contribution in [3.8, 4) is 0 Å². The van der Waals surface area contributed by atoms with Crippen LogP contribution in [0.1, 0.15) is 30.5 Å². The number of aryl methyl sites for hydroxylation is 1. The number of carbonyl (C=O) groups is 1. The van der Waals surface area contributed by atoms with Crippen LogP contribution in [0.4, 0.5) is 0 Å². The van der Waals surface area contributed by atoms with Crippen LogP contribution in [0.3, 0.4) is 0 Å². The monoisotopic (exact) mass is 305 g/mol. The van der Waals surface area contributed by atoms with Gasteiger partial charge in [-0.2, -0.15) is 5.10 Å². The molecule has 0 aliphatic rings. The van der Waals surface area contributed by atoms with Gasteiger partial charge in [-0.3, -0.25) is 14.0 Å². The number of aromatic nitrogens is 3. The van der Waals surface area contributed by atoms with Gasteiger partial charge in [0.2, 0.25) is 0 Å². The molecular formula is C14H15N3O3S. The molecule has 0 saturated heterocycles. The predicted molar refractivity (Wildman–Crippen MR) is 81.3 cm³/mol. The predicted octanol–water partition coefficient (Wildman–Crippen LogP) is 2.23. The number of hydrogen-bond donors (Lipinski definition) is 1. The fourth-order valence-corrected chi connectivity index (χ4v) is 3.42. The second-order valence-corrected chi connectivity index (χ2v) is 6.63. The van der Waals surface area contributed by atoms with Crippen LogP contribution in [0.15, 0.2) is 16.9 Å². The second-order valence-electron chi connectivity index (χ2n) is 5.34. The fraction of sp³-hybridized carbons (Fsp3) is 0.357. The third kappa shape index (κ3) is 2.13. The molecular weight excluding hydrogens is 290 g/mol. The van der Waals surface area contributed by atoms with Crippen LogP contribution in [0.25, 0.3) is 15.7 Å². The summed E-state index contributed by atoms with van der Waals surface area (Å²) in [5.74, 6) is -0.310. The van der Waals surface area contributed by atoms with E-state index in [1.54, 1.807) is 11.3 Å². The summed E-state index contributed by atoms with van der Waals surface area (Å²) in [5.41, 5.74) is 1.07. The van der Waals surface area contributed by atoms with Crippen molar-refractivity contribution < 1.29 is 9.90 Å². The molecule has 1 N–H and O–H groups in total. The minimum Gasteiger partial charge on any atom is -0.480 e. The van der Waals surface area contributed by atoms with Crippen molar-refractivity contribution in [3.63, 3.8) is 0 Å². The van der Waals surface area contributed by atoms with Crippen LogP contribution in [-0.4, -0.2) is 25.3 Å². The summed E-state index contributed by atoms with van der Waals surface area (Å²) < 4.78 is 3.90. The van der Waals surface area contributed by atoms with Crippen molar-refractivity contribution in [3.05, 3.63) is 33.2 Å². The van der Waals surface area contributed by atoms with Gasteiger partial charge in [0.05, 0.1) is 10.2 Å². The molecule has 0 bridgehead atoms. The van der Waals surface area contributed by atoms with Crippen LogP contribution >= 0.6 is 11.3 Å². The molecule has 3 heterocycles. The number of nitrogens with zero attached hydrogens (tertiary/aromatic N) is 3. The molecule has 0 spiro atoms. The van der Waals surface area contributed by atoms with Gasteiger partial charge in [-0.05, 0) is 19.1 Å². The van der Waals surface area contributed by atoms with Crippen LogP contribution < -0.4 is 5.56 Å². The third-order valence-electron chi connectivity index (χ3n) is 3.32. The number of fused-ring (bicyclic) bond motifs is 3. The minimum absolute atomic E-state index is 0.0731. The average molecular weight is 305 g/mol. The first-order valence-corrected chi connectivity index (χ1v) is 7.44. The molecule has 6 nitrogen and oxygen atoms in total. The Labute approximate surface area is 124 Å². The molecule has 0 atom stereocenters. The van der Waals surface area contributed by atoms with Gasteiger partial charge in [0.1, 0.15) is 17.9 Å². The highest BCUT2D eigenvalue weighted by Crippen LogP contribution is 2.29. The number of aliphatic carboxylic acids is 1. The molecule has 0 radical (unpaired) electrons. The molecule has 7 heteroatoms. The van der Waals surface area contributed by atoms with Gasteiger partial charge >= 0.3 is 5.97 Å². The standard InChI is InChI=1S/C14H15N3O3S/c1-7(2)13-15-16(6-12(18)19)14(20)10-5-11-9(17(10)13)4-8(3)21-11/h4-5,7H,6H2,1-3H3,(H,18,19). The van der Waals surface area contributed by atoms with Crippen molar-refractivity contribution in [1.29, 1.82) is 0 Å². The van der Waals surface area contributed by atoms with E-state index in [9.17, 15) is 9.59 Å². The Morgan fingerprint density at radius 1 is 1.38 bits per heavy atom. The largest absolute Gasteiger partial charge is 0.480 e. The molecule has 110 valence electrons. The van der Waals surface area contributed by atoms with E-state index in [2.05, 4.69) is 5.10 Å². The highest BCUT2D eigenvalue weighted by molar-refractivity contribution is 7.19. The summed E-state index contributed by atoms with van der Waals surface area (Å²) >= 11 is 1.61. The van der Waals surface area contributed by atoms with E-state index in [4.69, 9.17) is 5.11 Å². The molecule has 0 amide bonds. The first-order valence-electron chi connectivity index (χ1n) is 6.63. The van der Waals surface area contributed by atoms with Gasteiger partial charge in [-0.25, -0.2) is 4.68 Å². The number of hydrogen-bond acceptors (Lipinski definition) is 4. The summed E-state index contributed by atoms with van der Waals surface area (Å²) in [7, 11) is 0. The van der Waals surface area contributed by atoms with Crippen LogP contribution in [0, 0.1) is 6.92 Å². The maximum atomic E-state index is 12.4. The van der Waals surface area contributed by atoms with Crippen LogP contribution in [0.2, 0.25) is 0 Å². The Morgan fingerprint density at radius 3 is 2.71 bits per heavy atom. The zero-order valence-electron chi connectivity index (χ0n) is 12.0. The summed E-state index contributed by atoms with van der Waals surface area (Å²) in [5, 5.41) is 13.2. The Balaban J connectivity index is 2.44. The van der Waals surface area contributed by atoms with Gasteiger partial charge in [0.25, 0.3) is 5.56 Å². The first-order chi connectivity index (χ1) is 9.88. The molecule has 0 aliphatic heterocycles. The number of carboxylic acids is 1. The van der Waals surface area contributed by atoms with E-state index in [0.29, 0.717) is 11.3 Å². The average Bonchev–Trinajstić information content (AvgIpc) is 2.88. The summed E-state index contributed by atoms with van der Waals surface area (Å²) in [4.78, 5) is 24.5. The van der Waals surface area contributed by atoms with Crippen LogP contribution in [0.5, 0.6) is 0 Å². The van der Waals surface area contributed by atoms with Gasteiger partial charge in [-0.1, -0.05) is 13.8 Å². The summed E-state index contributed by atoms with van der Waals surface area (Å²) in [6, 6.07) is 3.85. The molecule has 0 unspecified atom stereocenters. The Kier molecular flexibility index (Phi) is 3.09. The van der Waals surface area contributed by atoms with Crippen molar-refractivity contribution >= 4 is 33.0 Å². The lowest BCUT2D eigenvalue weighted by Gasteiger charge is -2.12. The SMILES string of the molecule is Cc1cc2c(cc3c(=O)n(CC(=O)O)nc(C(C)C)n32)s1. The van der Waals surface area contributed by atoms with Crippen molar-refractivity contribution in [2.24, 2.45) is 0 Å². The second kappa shape index (κ2) is 4.70. The van der Waals surface area contributed by atoms with E-state index >= 15 is 0 Å². The third-order valence-corrected chi connectivity index (χ3v) is 4.31. The maximum absolute atomic E-state index is 12.4. The fourth-order valence-electron chi connectivity index (χ4n) is 2.47. The van der Waals surface area contributed by atoms with Gasteiger partial charge in [0, 0.05) is 10.8 Å². The van der Waals surface area contributed by atoms with Crippen molar-refractivity contribution in [1.82, 2.24) is 14.2 Å². The molecule has 0 aliphatic carbocycles. The zero-order chi connectivity index (χ0) is 15.3. The Morgan fingerprint density at radius 2 is 2.10 bits per heavy atom. The lowest BCUT2D eigenvalue weighted by atomic mass is 10.2. The number of thiophene rings is 1. The molecule has 3 aromatic rings. The smallest absolute Gasteiger partial charge is 0.325 e. The quantitative estimate of drug-likeness (QED) is 0.805. The van der Waals surface area contributed by atoms with Gasteiger partial charge in [-0.15, -0.1) is 11.3 Å². The summed E-state index contributed by atoms with van der Waals surface area (Å²) in [6.45, 7) is 5.54. The molecule has 21 heavy (non-hydrogen) atoms.